The van der Waals surface area contributed by atoms with E-state index in [4.69, 9.17) is 10.5 Å². The monoisotopic (exact) mass is 212 g/mol. The first kappa shape index (κ1) is 9.93. The molecule has 0 spiro atoms. The lowest BCUT2D eigenvalue weighted by atomic mass is 10.0. The highest BCUT2D eigenvalue weighted by Crippen LogP contribution is 2.43. The Labute approximate surface area is 88.3 Å². The second-order valence-corrected chi connectivity index (χ2v) is 4.57. The van der Waals surface area contributed by atoms with Gasteiger partial charge in [0.25, 0.3) is 0 Å². The average Bonchev–Trinajstić information content (AvgIpc) is 2.75. The van der Waals surface area contributed by atoms with Crippen molar-refractivity contribution in [2.24, 2.45) is 0 Å². The summed E-state index contributed by atoms with van der Waals surface area (Å²) in [6.07, 6.45) is 4.65. The van der Waals surface area contributed by atoms with E-state index in [2.05, 4.69) is 4.98 Å². The van der Waals surface area contributed by atoms with Gasteiger partial charge >= 0.3 is 0 Å². The van der Waals surface area contributed by atoms with E-state index < -0.39 is 0 Å². The van der Waals surface area contributed by atoms with Gasteiger partial charge in [-0.25, -0.2) is 4.98 Å². The van der Waals surface area contributed by atoms with Crippen LogP contribution in [0, 0.1) is 0 Å². The highest BCUT2D eigenvalue weighted by atomic mass is 32.1. The largest absolute Gasteiger partial charge is 0.383 e. The van der Waals surface area contributed by atoms with Crippen LogP contribution in [0.4, 0.5) is 5.82 Å². The fraction of sp³-hybridized carbons (Fsp3) is 0.700. The first-order valence-corrected chi connectivity index (χ1v) is 6.00. The van der Waals surface area contributed by atoms with Gasteiger partial charge in [0.1, 0.15) is 16.4 Å². The number of anilines is 1. The fourth-order valence-electron chi connectivity index (χ4n) is 2.14. The molecule has 0 unspecified atom stereocenters. The van der Waals surface area contributed by atoms with Gasteiger partial charge in [0.15, 0.2) is 0 Å². The minimum absolute atomic E-state index is 0.114. The quantitative estimate of drug-likeness (QED) is 0.837. The minimum atomic E-state index is -0.114. The van der Waals surface area contributed by atoms with Crippen LogP contribution in [0.25, 0.3) is 0 Å². The molecule has 1 saturated carbocycles. The number of nitrogen functional groups attached to an aromatic ring is 1. The van der Waals surface area contributed by atoms with E-state index in [9.17, 15) is 0 Å². The maximum atomic E-state index is 5.88. The van der Waals surface area contributed by atoms with E-state index in [1.54, 1.807) is 11.3 Å². The first-order valence-electron chi connectivity index (χ1n) is 5.12. The maximum Gasteiger partial charge on any atom is 0.134 e. The van der Waals surface area contributed by atoms with Gasteiger partial charge in [-0.15, -0.1) is 11.3 Å². The van der Waals surface area contributed by atoms with Gasteiger partial charge in [-0.2, -0.15) is 0 Å². The molecule has 1 fully saturated rings. The second-order valence-electron chi connectivity index (χ2n) is 3.71. The summed E-state index contributed by atoms with van der Waals surface area (Å²) < 4.78 is 5.88. The predicted molar refractivity (Wildman–Crippen MR) is 58.3 cm³/mol. The molecular weight excluding hydrogens is 196 g/mol. The lowest BCUT2D eigenvalue weighted by Gasteiger charge is -2.26. The molecular formula is C10H16N2OS. The van der Waals surface area contributed by atoms with Crippen molar-refractivity contribution in [3.05, 3.63) is 10.4 Å². The zero-order valence-corrected chi connectivity index (χ0v) is 9.27. The molecule has 2 rings (SSSR count). The summed E-state index contributed by atoms with van der Waals surface area (Å²) in [5, 5.41) is 2.96. The summed E-state index contributed by atoms with van der Waals surface area (Å²) in [6.45, 7) is 2.79. The smallest absolute Gasteiger partial charge is 0.134 e. The number of ether oxygens (including phenoxy) is 1. The van der Waals surface area contributed by atoms with Gasteiger partial charge in [0.2, 0.25) is 0 Å². The van der Waals surface area contributed by atoms with Crippen LogP contribution in [0.5, 0.6) is 0 Å². The van der Waals surface area contributed by atoms with Gasteiger partial charge in [0.05, 0.1) is 0 Å². The molecule has 1 aliphatic carbocycles. The SMILES string of the molecule is CCOC1(c2nc(N)cs2)CCCC1. The average molecular weight is 212 g/mol. The molecule has 0 saturated heterocycles. The van der Waals surface area contributed by atoms with Crippen molar-refractivity contribution in [3.63, 3.8) is 0 Å². The molecule has 3 nitrogen and oxygen atoms in total. The summed E-state index contributed by atoms with van der Waals surface area (Å²) >= 11 is 1.62. The van der Waals surface area contributed by atoms with Crippen molar-refractivity contribution >= 4 is 17.2 Å². The highest BCUT2D eigenvalue weighted by molar-refractivity contribution is 7.10. The van der Waals surface area contributed by atoms with Crippen molar-refractivity contribution in [2.45, 2.75) is 38.2 Å². The molecule has 1 aliphatic rings. The van der Waals surface area contributed by atoms with Gasteiger partial charge in [-0.3, -0.25) is 0 Å². The lowest BCUT2D eigenvalue weighted by Crippen LogP contribution is -2.25. The summed E-state index contributed by atoms with van der Waals surface area (Å²) in [6, 6.07) is 0. The van der Waals surface area contributed by atoms with Gasteiger partial charge in [-0.05, 0) is 19.8 Å². The third-order valence-corrected chi connectivity index (χ3v) is 3.79. The third kappa shape index (κ3) is 1.64. The fourth-order valence-corrected chi connectivity index (χ4v) is 3.06. The van der Waals surface area contributed by atoms with Crippen LogP contribution in [0.15, 0.2) is 5.38 Å². The molecule has 0 atom stereocenters. The topological polar surface area (TPSA) is 48.1 Å². The molecule has 0 radical (unpaired) electrons. The molecule has 4 heteroatoms. The molecule has 2 N–H and O–H groups in total. The van der Waals surface area contributed by atoms with E-state index in [0.717, 1.165) is 24.5 Å². The van der Waals surface area contributed by atoms with Crippen LogP contribution in [-0.4, -0.2) is 11.6 Å². The van der Waals surface area contributed by atoms with Crippen LogP contribution in [-0.2, 0) is 10.3 Å². The maximum absolute atomic E-state index is 5.88. The van der Waals surface area contributed by atoms with Gasteiger partial charge in [-0.1, -0.05) is 12.8 Å². The second kappa shape index (κ2) is 3.87. The number of hydrogen-bond acceptors (Lipinski definition) is 4. The Morgan fingerprint density at radius 1 is 1.57 bits per heavy atom. The van der Waals surface area contributed by atoms with Gasteiger partial charge in [0, 0.05) is 12.0 Å². The summed E-state index contributed by atoms with van der Waals surface area (Å²) in [7, 11) is 0. The molecule has 1 aromatic heterocycles. The van der Waals surface area contributed by atoms with E-state index in [-0.39, 0.29) is 5.60 Å². The van der Waals surface area contributed by atoms with Crippen LogP contribution in [0.3, 0.4) is 0 Å². The number of nitrogens with two attached hydrogens (primary N) is 1. The zero-order chi connectivity index (χ0) is 10.0. The standard InChI is InChI=1S/C10H16N2OS/c1-2-13-10(5-3-4-6-10)9-12-8(11)7-14-9/h7H,2-6,11H2,1H3. The van der Waals surface area contributed by atoms with Crippen molar-refractivity contribution in [2.75, 3.05) is 12.3 Å². The van der Waals surface area contributed by atoms with E-state index in [0.29, 0.717) is 5.82 Å². The zero-order valence-electron chi connectivity index (χ0n) is 8.45. The Morgan fingerprint density at radius 2 is 2.29 bits per heavy atom. The summed E-state index contributed by atoms with van der Waals surface area (Å²) in [4.78, 5) is 4.35. The van der Waals surface area contributed by atoms with Crippen molar-refractivity contribution in [3.8, 4) is 0 Å². The van der Waals surface area contributed by atoms with Crippen LogP contribution in [0.1, 0.15) is 37.6 Å². The summed E-state index contributed by atoms with van der Waals surface area (Å²) in [5.41, 5.74) is 5.53. The molecule has 0 aromatic carbocycles. The molecule has 0 amide bonds. The van der Waals surface area contributed by atoms with E-state index in [1.165, 1.54) is 12.8 Å². The molecule has 0 bridgehead atoms. The molecule has 1 heterocycles. The molecule has 1 aromatic rings. The Balaban J connectivity index is 2.26. The lowest BCUT2D eigenvalue weighted by molar-refractivity contribution is -0.0390. The normalized spacial score (nSPS) is 20.1. The number of nitrogens with zero attached hydrogens (tertiary/aromatic N) is 1. The Hall–Kier alpha value is -0.610. The van der Waals surface area contributed by atoms with Crippen LogP contribution in [0.2, 0.25) is 0 Å². The number of rotatable bonds is 3. The van der Waals surface area contributed by atoms with E-state index in [1.807, 2.05) is 12.3 Å². The Kier molecular flexibility index (Phi) is 2.74. The Morgan fingerprint density at radius 3 is 2.79 bits per heavy atom. The van der Waals surface area contributed by atoms with Crippen molar-refractivity contribution in [1.82, 2.24) is 4.98 Å². The van der Waals surface area contributed by atoms with Crippen LogP contribution < -0.4 is 5.73 Å². The third-order valence-electron chi connectivity index (χ3n) is 2.74. The number of thiazole rings is 1. The summed E-state index contributed by atoms with van der Waals surface area (Å²) in [5.74, 6) is 0.621. The van der Waals surface area contributed by atoms with Gasteiger partial charge < -0.3 is 10.5 Å². The number of hydrogen-bond donors (Lipinski definition) is 1. The first-order chi connectivity index (χ1) is 6.77. The predicted octanol–water partition coefficient (Wildman–Crippen LogP) is 2.53. The molecule has 78 valence electrons. The van der Waals surface area contributed by atoms with Crippen molar-refractivity contribution < 1.29 is 4.74 Å². The number of aromatic nitrogens is 1. The highest BCUT2D eigenvalue weighted by Gasteiger charge is 2.38. The molecule has 14 heavy (non-hydrogen) atoms. The van der Waals surface area contributed by atoms with Crippen molar-refractivity contribution in [1.29, 1.82) is 0 Å². The Bertz CT molecular complexity index is 305. The van der Waals surface area contributed by atoms with Crippen LogP contribution >= 0.6 is 11.3 Å². The molecule has 0 aliphatic heterocycles. The minimum Gasteiger partial charge on any atom is -0.383 e. The van der Waals surface area contributed by atoms with E-state index >= 15 is 0 Å².